The van der Waals surface area contributed by atoms with Crippen LogP contribution >= 0.6 is 0 Å². The summed E-state index contributed by atoms with van der Waals surface area (Å²) in [5, 5.41) is 7.13. The number of nitrogens with zero attached hydrogens (tertiary/aromatic N) is 1. The van der Waals surface area contributed by atoms with Crippen molar-refractivity contribution in [1.82, 2.24) is 20.5 Å². The van der Waals surface area contributed by atoms with E-state index in [1.54, 1.807) is 6.07 Å². The minimum Gasteiger partial charge on any atom is -0.381 e. The number of hydrogen-bond acceptors (Lipinski definition) is 4. The molecule has 0 radical (unpaired) electrons. The highest BCUT2D eigenvalue weighted by Crippen LogP contribution is 2.23. The molecule has 35 heavy (non-hydrogen) atoms. The lowest BCUT2D eigenvalue weighted by Crippen LogP contribution is -2.46. The quantitative estimate of drug-likeness (QED) is 0.488. The molecule has 0 spiro atoms. The molecule has 2 saturated heterocycles. The minimum atomic E-state index is -0.745. The number of aromatic amines is 1. The maximum atomic E-state index is 13.3. The largest absolute Gasteiger partial charge is 0.381 e. The monoisotopic (exact) mass is 474 g/mol. The second kappa shape index (κ2) is 11.1. The van der Waals surface area contributed by atoms with Gasteiger partial charge in [-0.3, -0.25) is 9.59 Å². The smallest absolute Gasteiger partial charge is 0.252 e. The number of piperidine rings is 1. The molecule has 2 aliphatic rings. The fourth-order valence-electron chi connectivity index (χ4n) is 5.27. The molecule has 184 valence electrons. The zero-order valence-electron chi connectivity index (χ0n) is 20.0. The Morgan fingerprint density at radius 2 is 1.77 bits per heavy atom. The Labute approximate surface area is 206 Å². The van der Waals surface area contributed by atoms with Crippen LogP contribution in [0.5, 0.6) is 0 Å². The average molecular weight is 475 g/mol. The Balaban J connectivity index is 1.19. The van der Waals surface area contributed by atoms with E-state index in [0.29, 0.717) is 24.1 Å². The number of ether oxygens (including phenoxy) is 1. The molecule has 3 N–H and O–H groups in total. The van der Waals surface area contributed by atoms with E-state index in [4.69, 9.17) is 4.74 Å². The van der Waals surface area contributed by atoms with Crippen molar-refractivity contribution < 1.29 is 14.3 Å². The van der Waals surface area contributed by atoms with Crippen LogP contribution in [-0.4, -0.2) is 60.6 Å². The molecule has 0 unspecified atom stereocenters. The highest BCUT2D eigenvalue weighted by atomic mass is 16.5. The predicted octanol–water partition coefficient (Wildman–Crippen LogP) is 3.65. The summed E-state index contributed by atoms with van der Waals surface area (Å²) in [7, 11) is 0. The third-order valence-corrected chi connectivity index (χ3v) is 7.41. The highest BCUT2D eigenvalue weighted by molar-refractivity contribution is 6.00. The summed E-state index contributed by atoms with van der Waals surface area (Å²) >= 11 is 0. The second-order valence-corrected chi connectivity index (χ2v) is 9.66. The first-order valence-corrected chi connectivity index (χ1v) is 12.7. The van der Waals surface area contributed by atoms with Crippen LogP contribution in [0.2, 0.25) is 0 Å². The van der Waals surface area contributed by atoms with Gasteiger partial charge in [0.05, 0.1) is 0 Å². The Bertz CT molecular complexity index is 1130. The summed E-state index contributed by atoms with van der Waals surface area (Å²) in [6.45, 7) is 4.52. The number of H-pyrrole nitrogens is 1. The number of rotatable bonds is 7. The van der Waals surface area contributed by atoms with Gasteiger partial charge in [0, 0.05) is 43.1 Å². The number of amides is 2. The molecule has 0 saturated carbocycles. The summed E-state index contributed by atoms with van der Waals surface area (Å²) in [6, 6.07) is 16.8. The van der Waals surface area contributed by atoms with Crippen molar-refractivity contribution in [3.8, 4) is 0 Å². The van der Waals surface area contributed by atoms with Gasteiger partial charge in [-0.25, -0.2) is 0 Å². The van der Waals surface area contributed by atoms with E-state index in [0.717, 1.165) is 68.5 Å². The number of fused-ring (bicyclic) bond motifs is 1. The van der Waals surface area contributed by atoms with Crippen molar-refractivity contribution in [3.63, 3.8) is 0 Å². The first-order chi connectivity index (χ1) is 17.2. The van der Waals surface area contributed by atoms with Crippen molar-refractivity contribution in [1.29, 1.82) is 0 Å². The first kappa shape index (κ1) is 23.6. The van der Waals surface area contributed by atoms with Crippen LogP contribution in [-0.2, 0) is 9.53 Å². The lowest BCUT2D eigenvalue weighted by atomic mass is 9.94. The Kier molecular flexibility index (Phi) is 7.45. The van der Waals surface area contributed by atoms with E-state index >= 15 is 0 Å². The van der Waals surface area contributed by atoms with Gasteiger partial charge in [-0.15, -0.1) is 0 Å². The molecule has 2 fully saturated rings. The number of aromatic nitrogens is 1. The van der Waals surface area contributed by atoms with Crippen LogP contribution < -0.4 is 10.6 Å². The lowest BCUT2D eigenvalue weighted by molar-refractivity contribution is -0.123. The van der Waals surface area contributed by atoms with Crippen LogP contribution in [0.15, 0.2) is 60.8 Å². The standard InChI is InChI=1S/C28H34N4O3/c33-27(23-7-6-21-8-13-29-25(21)18-23)31-26(22-4-2-1-3-5-22)28(34)30-19-20-9-14-32(15-10-20)24-11-16-35-17-12-24/h1-8,13,18,20,24,26,29H,9-12,14-17,19H2,(H,30,34)(H,31,33)/t26-/m1/s1. The van der Waals surface area contributed by atoms with Crippen LogP contribution in [0, 0.1) is 5.92 Å². The number of hydrogen-bond donors (Lipinski definition) is 3. The number of carbonyl (C=O) groups excluding carboxylic acids is 2. The van der Waals surface area contributed by atoms with Crippen LogP contribution in [0.25, 0.3) is 10.9 Å². The Hall–Kier alpha value is -3.16. The van der Waals surface area contributed by atoms with E-state index in [2.05, 4.69) is 20.5 Å². The van der Waals surface area contributed by atoms with Gasteiger partial charge in [-0.2, -0.15) is 0 Å². The zero-order valence-corrected chi connectivity index (χ0v) is 20.0. The number of carbonyl (C=O) groups is 2. The van der Waals surface area contributed by atoms with Crippen molar-refractivity contribution in [3.05, 3.63) is 71.9 Å². The molecule has 0 aliphatic carbocycles. The summed E-state index contributed by atoms with van der Waals surface area (Å²) in [6.07, 6.45) is 6.25. The van der Waals surface area contributed by atoms with Crippen molar-refractivity contribution in [2.45, 2.75) is 37.8 Å². The van der Waals surface area contributed by atoms with Crippen LogP contribution in [0.4, 0.5) is 0 Å². The molecule has 0 bridgehead atoms. The topological polar surface area (TPSA) is 86.5 Å². The van der Waals surface area contributed by atoms with Gasteiger partial charge >= 0.3 is 0 Å². The minimum absolute atomic E-state index is 0.169. The first-order valence-electron chi connectivity index (χ1n) is 12.7. The SMILES string of the molecule is O=C(N[C@@H](C(=O)NCC1CCN(C2CCOCC2)CC1)c1ccccc1)c1ccc2cc[nH]c2c1. The van der Waals surface area contributed by atoms with E-state index in [9.17, 15) is 9.59 Å². The van der Waals surface area contributed by atoms with Crippen molar-refractivity contribution in [2.24, 2.45) is 5.92 Å². The van der Waals surface area contributed by atoms with Gasteiger partial charge in [0.2, 0.25) is 5.91 Å². The Morgan fingerprint density at radius 3 is 2.54 bits per heavy atom. The van der Waals surface area contributed by atoms with Gasteiger partial charge in [-0.05, 0) is 73.8 Å². The fourth-order valence-corrected chi connectivity index (χ4v) is 5.27. The van der Waals surface area contributed by atoms with Crippen LogP contribution in [0.1, 0.15) is 47.6 Å². The average Bonchev–Trinajstić information content (AvgIpc) is 3.40. The fraction of sp³-hybridized carbons (Fsp3) is 0.429. The molecule has 7 heteroatoms. The summed E-state index contributed by atoms with van der Waals surface area (Å²) in [4.78, 5) is 32.1. The molecule has 3 heterocycles. The van der Waals surface area contributed by atoms with E-state index in [1.165, 1.54) is 0 Å². The predicted molar refractivity (Wildman–Crippen MR) is 136 cm³/mol. The van der Waals surface area contributed by atoms with E-state index in [1.807, 2.05) is 54.7 Å². The third kappa shape index (κ3) is 5.74. The normalized spacial score (nSPS) is 18.9. The molecular weight excluding hydrogens is 440 g/mol. The lowest BCUT2D eigenvalue weighted by Gasteiger charge is -2.39. The molecular formula is C28H34N4O3. The second-order valence-electron chi connectivity index (χ2n) is 9.66. The highest BCUT2D eigenvalue weighted by Gasteiger charge is 2.28. The van der Waals surface area contributed by atoms with Crippen LogP contribution in [0.3, 0.4) is 0 Å². The molecule has 2 aliphatic heterocycles. The molecule has 7 nitrogen and oxygen atoms in total. The van der Waals surface area contributed by atoms with Gasteiger partial charge < -0.3 is 25.3 Å². The molecule has 1 atom stereocenters. The number of nitrogens with one attached hydrogen (secondary N) is 3. The summed E-state index contributed by atoms with van der Waals surface area (Å²) in [5.74, 6) is 0.0186. The molecule has 3 aromatic rings. The molecule has 2 aromatic carbocycles. The maximum absolute atomic E-state index is 13.3. The summed E-state index contributed by atoms with van der Waals surface area (Å²) < 4.78 is 5.50. The van der Waals surface area contributed by atoms with Crippen molar-refractivity contribution in [2.75, 3.05) is 32.8 Å². The molecule has 5 rings (SSSR count). The maximum Gasteiger partial charge on any atom is 0.252 e. The zero-order chi connectivity index (χ0) is 24.0. The number of benzene rings is 2. The summed E-state index contributed by atoms with van der Waals surface area (Å²) in [5.41, 5.74) is 2.19. The Morgan fingerprint density at radius 1 is 1.00 bits per heavy atom. The molecule has 1 aromatic heterocycles. The number of likely N-dealkylation sites (tertiary alicyclic amines) is 1. The third-order valence-electron chi connectivity index (χ3n) is 7.41. The van der Waals surface area contributed by atoms with Gasteiger partial charge in [0.25, 0.3) is 5.91 Å². The van der Waals surface area contributed by atoms with E-state index < -0.39 is 6.04 Å². The van der Waals surface area contributed by atoms with Gasteiger partial charge in [0.1, 0.15) is 6.04 Å². The van der Waals surface area contributed by atoms with Gasteiger partial charge in [-0.1, -0.05) is 36.4 Å². The van der Waals surface area contributed by atoms with Crippen molar-refractivity contribution >= 4 is 22.7 Å². The van der Waals surface area contributed by atoms with Gasteiger partial charge in [0.15, 0.2) is 0 Å². The van der Waals surface area contributed by atoms with E-state index in [-0.39, 0.29) is 11.8 Å². The molecule has 2 amide bonds.